The van der Waals surface area contributed by atoms with Crippen molar-refractivity contribution < 1.29 is 8.42 Å². The van der Waals surface area contributed by atoms with Crippen LogP contribution in [0.5, 0.6) is 0 Å². The molecular weight excluding hydrogens is 496 g/mol. The summed E-state index contributed by atoms with van der Waals surface area (Å²) in [7, 11) is -3.88. The predicted octanol–water partition coefficient (Wildman–Crippen LogP) is 5.85. The van der Waals surface area contributed by atoms with E-state index in [2.05, 4.69) is 38.0 Å². The van der Waals surface area contributed by atoms with Gasteiger partial charge in [-0.1, -0.05) is 49.9 Å². The lowest BCUT2D eigenvalue weighted by Gasteiger charge is -2.22. The molecule has 4 aromatic rings. The molecule has 0 amide bonds. The Morgan fingerprint density at radius 2 is 1.81 bits per heavy atom. The average Bonchev–Trinajstić information content (AvgIpc) is 2.89. The number of benzene rings is 2. The van der Waals surface area contributed by atoms with E-state index in [-0.39, 0.29) is 15.7 Å². The minimum atomic E-state index is -3.88. The molecule has 0 bridgehead atoms. The first-order chi connectivity index (χ1) is 17.4. The van der Waals surface area contributed by atoms with E-state index >= 15 is 0 Å². The van der Waals surface area contributed by atoms with Crippen molar-refractivity contribution in [3.05, 3.63) is 65.6 Å². The lowest BCUT2D eigenvalue weighted by atomic mass is 9.96. The zero-order chi connectivity index (χ0) is 25.1. The summed E-state index contributed by atoms with van der Waals surface area (Å²) in [6.45, 7) is 2.09. The fraction of sp³-hybridized carbons (Fsp3) is 0.308. The molecule has 8 nitrogen and oxygen atoms in total. The van der Waals surface area contributed by atoms with Gasteiger partial charge in [-0.2, -0.15) is 0 Å². The zero-order valence-electron chi connectivity index (χ0n) is 19.9. The smallest absolute Gasteiger partial charge is 0.264 e. The molecule has 1 aliphatic rings. The quantitative estimate of drug-likeness (QED) is 0.313. The predicted molar refractivity (Wildman–Crippen MR) is 143 cm³/mol. The van der Waals surface area contributed by atoms with Crippen molar-refractivity contribution in [2.45, 2.75) is 56.4 Å². The van der Waals surface area contributed by atoms with E-state index in [4.69, 9.17) is 16.6 Å². The topological polar surface area (TPSA) is 110 Å². The van der Waals surface area contributed by atoms with E-state index in [0.29, 0.717) is 17.7 Å². The number of nitrogens with one attached hydrogen (secondary N) is 2. The van der Waals surface area contributed by atoms with Crippen molar-refractivity contribution in [1.29, 1.82) is 0 Å². The van der Waals surface area contributed by atoms with E-state index in [1.165, 1.54) is 37.6 Å². The van der Waals surface area contributed by atoms with Crippen LogP contribution in [0.1, 0.15) is 44.6 Å². The third-order valence-electron chi connectivity index (χ3n) is 6.39. The number of aryl methyl sites for hydroxylation is 1. The second-order valence-electron chi connectivity index (χ2n) is 8.92. The Labute approximate surface area is 215 Å². The summed E-state index contributed by atoms with van der Waals surface area (Å²) in [6, 6.07) is 10.7. The average molecular weight is 523 g/mol. The number of nitrogens with zero attached hydrogens (tertiary/aromatic N) is 4. The molecule has 0 unspecified atom stereocenters. The Kier molecular flexibility index (Phi) is 7.02. The molecule has 1 fully saturated rings. The highest BCUT2D eigenvalue weighted by atomic mass is 35.5. The van der Waals surface area contributed by atoms with Crippen LogP contribution in [0.3, 0.4) is 0 Å². The van der Waals surface area contributed by atoms with Gasteiger partial charge in [0.15, 0.2) is 5.82 Å². The first kappa shape index (κ1) is 24.4. The van der Waals surface area contributed by atoms with E-state index < -0.39 is 10.0 Å². The van der Waals surface area contributed by atoms with Crippen LogP contribution >= 0.6 is 11.6 Å². The van der Waals surface area contributed by atoms with Crippen LogP contribution in [0.4, 0.5) is 11.8 Å². The molecule has 0 atom stereocenters. The molecule has 5 rings (SSSR count). The molecule has 2 aromatic carbocycles. The maximum Gasteiger partial charge on any atom is 0.264 e. The van der Waals surface area contributed by atoms with Gasteiger partial charge in [0.2, 0.25) is 5.95 Å². The molecule has 36 heavy (non-hydrogen) atoms. The Hall–Kier alpha value is -3.30. The molecule has 0 aliphatic heterocycles. The van der Waals surface area contributed by atoms with E-state index in [9.17, 15) is 8.42 Å². The summed E-state index contributed by atoms with van der Waals surface area (Å²) in [5, 5.41) is 4.56. The maximum atomic E-state index is 12.7. The van der Waals surface area contributed by atoms with Crippen LogP contribution in [0.25, 0.3) is 22.2 Å². The second kappa shape index (κ2) is 10.4. The molecule has 2 aromatic heterocycles. The highest BCUT2D eigenvalue weighted by Gasteiger charge is 2.19. The molecular formula is C26H27ClN6O2S. The largest absolute Gasteiger partial charge is 0.351 e. The first-order valence-electron chi connectivity index (χ1n) is 12.1. The van der Waals surface area contributed by atoms with E-state index in [1.54, 1.807) is 18.3 Å². The molecule has 10 heteroatoms. The highest BCUT2D eigenvalue weighted by Crippen LogP contribution is 2.28. The molecule has 186 valence electrons. The van der Waals surface area contributed by atoms with Gasteiger partial charge in [0.25, 0.3) is 10.0 Å². The SMILES string of the molecule is CCc1cc(-c2cnc(NS(=O)(=O)c3ccccc3Cl)cn2)cc2cnc(NC3CCCCC3)nc12. The van der Waals surface area contributed by atoms with Gasteiger partial charge in [0.05, 0.1) is 28.6 Å². The van der Waals surface area contributed by atoms with E-state index in [1.807, 2.05) is 12.3 Å². The van der Waals surface area contributed by atoms with Gasteiger partial charge in [-0.3, -0.25) is 9.71 Å². The Morgan fingerprint density at radius 1 is 1.00 bits per heavy atom. The van der Waals surface area contributed by atoms with Gasteiger partial charge in [-0.05, 0) is 49.1 Å². The molecule has 1 saturated carbocycles. The number of fused-ring (bicyclic) bond motifs is 1. The molecule has 0 saturated heterocycles. The molecule has 2 heterocycles. The van der Waals surface area contributed by atoms with Gasteiger partial charge < -0.3 is 5.32 Å². The van der Waals surface area contributed by atoms with Gasteiger partial charge in [0, 0.05) is 23.2 Å². The van der Waals surface area contributed by atoms with Crippen molar-refractivity contribution >= 4 is 44.3 Å². The monoisotopic (exact) mass is 522 g/mol. The minimum Gasteiger partial charge on any atom is -0.351 e. The number of aromatic nitrogens is 4. The van der Waals surface area contributed by atoms with Crippen molar-refractivity contribution in [2.24, 2.45) is 0 Å². The number of sulfonamides is 1. The normalized spacial score (nSPS) is 14.6. The number of halogens is 1. The van der Waals surface area contributed by atoms with Gasteiger partial charge in [-0.25, -0.2) is 23.4 Å². The lowest BCUT2D eigenvalue weighted by molar-refractivity contribution is 0.461. The Balaban J connectivity index is 1.39. The van der Waals surface area contributed by atoms with Crippen LogP contribution in [0.2, 0.25) is 5.02 Å². The first-order valence-corrected chi connectivity index (χ1v) is 13.9. The van der Waals surface area contributed by atoms with Gasteiger partial charge in [0.1, 0.15) is 4.90 Å². The molecule has 2 N–H and O–H groups in total. The summed E-state index contributed by atoms with van der Waals surface area (Å²) in [5.41, 5.74) is 3.49. The minimum absolute atomic E-state index is 0.0167. The molecule has 1 aliphatic carbocycles. The van der Waals surface area contributed by atoms with Crippen molar-refractivity contribution in [2.75, 3.05) is 10.0 Å². The van der Waals surface area contributed by atoms with E-state index in [0.717, 1.165) is 41.3 Å². The van der Waals surface area contributed by atoms with Crippen LogP contribution in [-0.4, -0.2) is 34.4 Å². The number of hydrogen-bond acceptors (Lipinski definition) is 7. The van der Waals surface area contributed by atoms with Crippen LogP contribution in [0, 0.1) is 0 Å². The standard InChI is InChI=1S/C26H27ClN6O2S/c1-2-17-12-18(13-19-14-30-26(32-25(17)19)31-20-8-4-3-5-9-20)22-15-29-24(16-28-22)33-36(34,35)23-11-7-6-10-21(23)27/h6-7,10-16,20H,2-5,8-9H2,1H3,(H,29,33)(H,30,31,32). The lowest BCUT2D eigenvalue weighted by Crippen LogP contribution is -2.23. The maximum absolute atomic E-state index is 12.7. The summed E-state index contributed by atoms with van der Waals surface area (Å²) in [6.07, 6.45) is 11.7. The zero-order valence-corrected chi connectivity index (χ0v) is 21.5. The van der Waals surface area contributed by atoms with Gasteiger partial charge >= 0.3 is 0 Å². The summed E-state index contributed by atoms with van der Waals surface area (Å²) >= 11 is 6.05. The molecule has 0 radical (unpaired) electrons. The number of anilines is 2. The van der Waals surface area contributed by atoms with Crippen molar-refractivity contribution in [3.8, 4) is 11.3 Å². The summed E-state index contributed by atoms with van der Waals surface area (Å²) < 4.78 is 27.8. The fourth-order valence-corrected chi connectivity index (χ4v) is 6.03. The number of rotatable bonds is 7. The second-order valence-corrected chi connectivity index (χ2v) is 11.0. The van der Waals surface area contributed by atoms with Crippen LogP contribution < -0.4 is 10.0 Å². The van der Waals surface area contributed by atoms with Crippen LogP contribution in [-0.2, 0) is 16.4 Å². The Bertz CT molecular complexity index is 1490. The number of hydrogen-bond donors (Lipinski definition) is 2. The summed E-state index contributed by atoms with van der Waals surface area (Å²) in [5.74, 6) is 0.781. The Morgan fingerprint density at radius 3 is 2.53 bits per heavy atom. The third-order valence-corrected chi connectivity index (χ3v) is 8.25. The van der Waals surface area contributed by atoms with Gasteiger partial charge in [-0.15, -0.1) is 0 Å². The molecule has 0 spiro atoms. The fourth-order valence-electron chi connectivity index (χ4n) is 4.52. The van der Waals surface area contributed by atoms with Crippen molar-refractivity contribution in [3.63, 3.8) is 0 Å². The van der Waals surface area contributed by atoms with Crippen LogP contribution in [0.15, 0.2) is 59.9 Å². The third kappa shape index (κ3) is 5.27. The highest BCUT2D eigenvalue weighted by molar-refractivity contribution is 7.92. The summed E-state index contributed by atoms with van der Waals surface area (Å²) in [4.78, 5) is 18.1. The van der Waals surface area contributed by atoms with Crippen molar-refractivity contribution in [1.82, 2.24) is 19.9 Å².